The van der Waals surface area contributed by atoms with Crippen LogP contribution in [0.3, 0.4) is 0 Å². The van der Waals surface area contributed by atoms with Gasteiger partial charge in [0.05, 0.1) is 3.58 Å². The van der Waals surface area contributed by atoms with E-state index >= 15 is 0 Å². The van der Waals surface area contributed by atoms with Crippen molar-refractivity contribution >= 4 is 28.5 Å². The first-order valence-electron chi connectivity index (χ1n) is 2.84. The third kappa shape index (κ3) is 1.50. The Kier molecular flexibility index (Phi) is 2.31. The van der Waals surface area contributed by atoms with Gasteiger partial charge in [-0.1, -0.05) is 0 Å². The minimum atomic E-state index is -0.0487. The Hall–Kier alpha value is -0.520. The van der Waals surface area contributed by atoms with E-state index in [0.717, 1.165) is 5.82 Å². The van der Waals surface area contributed by atoms with Crippen LogP contribution in [0.2, 0.25) is 0 Å². The number of halogens is 1. The zero-order valence-electron chi connectivity index (χ0n) is 5.44. The molecule has 0 aromatic rings. The van der Waals surface area contributed by atoms with Crippen LogP contribution in [-0.2, 0) is 4.79 Å². The van der Waals surface area contributed by atoms with Crippen molar-refractivity contribution in [1.29, 1.82) is 0 Å². The topological polar surface area (TPSA) is 41.1 Å². The smallest absolute Gasteiger partial charge is 0.264 e. The number of allylic oxidation sites excluding steroid dienone is 1. The number of carbonyl (C=O) groups excluding carboxylic acids is 1. The highest BCUT2D eigenvalue weighted by atomic mass is 127. The Morgan fingerprint density at radius 1 is 1.70 bits per heavy atom. The van der Waals surface area contributed by atoms with Gasteiger partial charge in [0.2, 0.25) is 0 Å². The predicted octanol–water partition coefficient (Wildman–Crippen LogP) is 0.843. The number of hydrogen-bond acceptors (Lipinski definition) is 2. The fourth-order valence-electron chi connectivity index (χ4n) is 0.580. The fourth-order valence-corrected chi connectivity index (χ4v) is 0.871. The molecule has 0 aromatic carbocycles. The number of hydrogen-bond donors (Lipinski definition) is 2. The van der Waals surface area contributed by atoms with Gasteiger partial charge >= 0.3 is 0 Å². The van der Waals surface area contributed by atoms with Crippen LogP contribution in [0.5, 0.6) is 0 Å². The van der Waals surface area contributed by atoms with Gasteiger partial charge in [-0.2, -0.15) is 0 Å². The summed E-state index contributed by atoms with van der Waals surface area (Å²) in [6, 6.07) is 0. The molecule has 1 rings (SSSR count). The zero-order chi connectivity index (χ0) is 7.56. The average molecular weight is 250 g/mol. The SMILES string of the molecule is CC=C1NC=C(I)C(=O)N1. The van der Waals surface area contributed by atoms with Gasteiger partial charge in [0.25, 0.3) is 5.91 Å². The van der Waals surface area contributed by atoms with Gasteiger partial charge in [0.1, 0.15) is 5.82 Å². The largest absolute Gasteiger partial charge is 0.347 e. The average Bonchev–Trinajstić information content (AvgIpc) is 1.95. The lowest BCUT2D eigenvalue weighted by molar-refractivity contribution is -0.116. The molecule has 3 nitrogen and oxygen atoms in total. The van der Waals surface area contributed by atoms with Crippen LogP contribution in [0.4, 0.5) is 0 Å². The Morgan fingerprint density at radius 3 is 2.90 bits per heavy atom. The molecule has 10 heavy (non-hydrogen) atoms. The van der Waals surface area contributed by atoms with Crippen molar-refractivity contribution in [3.8, 4) is 0 Å². The van der Waals surface area contributed by atoms with E-state index in [1.54, 1.807) is 12.3 Å². The lowest BCUT2D eigenvalue weighted by Crippen LogP contribution is -2.33. The second-order valence-electron chi connectivity index (χ2n) is 1.79. The summed E-state index contributed by atoms with van der Waals surface area (Å²) >= 11 is 1.97. The van der Waals surface area contributed by atoms with E-state index in [4.69, 9.17) is 0 Å². The van der Waals surface area contributed by atoms with Crippen LogP contribution >= 0.6 is 22.6 Å². The van der Waals surface area contributed by atoms with E-state index < -0.39 is 0 Å². The molecule has 1 aliphatic rings. The van der Waals surface area contributed by atoms with Crippen LogP contribution in [0.15, 0.2) is 21.7 Å². The normalized spacial score (nSPS) is 21.6. The molecule has 54 valence electrons. The Labute approximate surface area is 72.7 Å². The van der Waals surface area contributed by atoms with Crippen molar-refractivity contribution in [2.75, 3.05) is 0 Å². The molecule has 1 aliphatic heterocycles. The van der Waals surface area contributed by atoms with Crippen LogP contribution in [0, 0.1) is 0 Å². The van der Waals surface area contributed by atoms with Crippen molar-refractivity contribution < 1.29 is 4.79 Å². The first kappa shape index (κ1) is 7.59. The minimum absolute atomic E-state index is 0.0487. The molecule has 1 amide bonds. The molecule has 4 heteroatoms. The molecule has 1 heterocycles. The molecular weight excluding hydrogens is 243 g/mol. The van der Waals surface area contributed by atoms with Crippen molar-refractivity contribution in [1.82, 2.24) is 10.6 Å². The molecule has 0 saturated carbocycles. The lowest BCUT2D eigenvalue weighted by Gasteiger charge is -2.13. The summed E-state index contributed by atoms with van der Waals surface area (Å²) in [5.41, 5.74) is 0. The van der Waals surface area contributed by atoms with Gasteiger partial charge in [-0.3, -0.25) is 4.79 Å². The van der Waals surface area contributed by atoms with E-state index in [9.17, 15) is 4.79 Å². The summed E-state index contributed by atoms with van der Waals surface area (Å²) < 4.78 is 0.670. The quantitative estimate of drug-likeness (QED) is 0.625. The van der Waals surface area contributed by atoms with E-state index in [0.29, 0.717) is 3.58 Å². The molecule has 0 aromatic heterocycles. The van der Waals surface area contributed by atoms with Gasteiger partial charge in [0.15, 0.2) is 0 Å². The lowest BCUT2D eigenvalue weighted by atomic mass is 10.4. The van der Waals surface area contributed by atoms with Gasteiger partial charge in [0, 0.05) is 6.20 Å². The molecule has 0 spiro atoms. The summed E-state index contributed by atoms with van der Waals surface area (Å²) in [4.78, 5) is 10.9. The van der Waals surface area contributed by atoms with Crippen molar-refractivity contribution in [2.24, 2.45) is 0 Å². The van der Waals surface area contributed by atoms with E-state index in [1.165, 1.54) is 0 Å². The molecule has 2 N–H and O–H groups in total. The Bertz CT molecular complexity index is 220. The first-order valence-corrected chi connectivity index (χ1v) is 3.92. The summed E-state index contributed by atoms with van der Waals surface area (Å²) in [6.45, 7) is 1.86. The van der Waals surface area contributed by atoms with E-state index in [-0.39, 0.29) is 5.91 Å². The maximum atomic E-state index is 10.9. The summed E-state index contributed by atoms with van der Waals surface area (Å²) in [6.07, 6.45) is 3.48. The summed E-state index contributed by atoms with van der Waals surface area (Å²) in [5.74, 6) is 0.692. The molecule has 0 fully saturated rings. The predicted molar refractivity (Wildman–Crippen MR) is 47.1 cm³/mol. The number of amides is 1. The fraction of sp³-hybridized carbons (Fsp3) is 0.167. The highest BCUT2D eigenvalue weighted by Crippen LogP contribution is 2.08. The molecular formula is C6H7IN2O. The van der Waals surface area contributed by atoms with E-state index in [1.807, 2.05) is 29.5 Å². The summed E-state index contributed by atoms with van der Waals surface area (Å²) in [7, 11) is 0. The zero-order valence-corrected chi connectivity index (χ0v) is 7.60. The number of rotatable bonds is 0. The maximum Gasteiger partial charge on any atom is 0.264 e. The Balaban J connectivity index is 2.78. The second-order valence-corrected chi connectivity index (χ2v) is 2.96. The monoisotopic (exact) mass is 250 g/mol. The van der Waals surface area contributed by atoms with Crippen LogP contribution in [0.25, 0.3) is 0 Å². The highest BCUT2D eigenvalue weighted by Gasteiger charge is 2.11. The van der Waals surface area contributed by atoms with Gasteiger partial charge in [-0.05, 0) is 35.6 Å². The maximum absolute atomic E-state index is 10.9. The molecule has 0 saturated heterocycles. The first-order chi connectivity index (χ1) is 4.74. The molecule has 0 unspecified atom stereocenters. The molecule has 0 bridgehead atoms. The van der Waals surface area contributed by atoms with Crippen LogP contribution in [-0.4, -0.2) is 5.91 Å². The minimum Gasteiger partial charge on any atom is -0.347 e. The van der Waals surface area contributed by atoms with Crippen LogP contribution in [0.1, 0.15) is 6.92 Å². The third-order valence-electron chi connectivity index (χ3n) is 1.11. The van der Waals surface area contributed by atoms with Crippen LogP contribution < -0.4 is 10.6 Å². The van der Waals surface area contributed by atoms with Crippen molar-refractivity contribution in [2.45, 2.75) is 6.92 Å². The van der Waals surface area contributed by atoms with E-state index in [2.05, 4.69) is 10.6 Å². The number of nitrogens with one attached hydrogen (secondary N) is 2. The van der Waals surface area contributed by atoms with Gasteiger partial charge < -0.3 is 10.6 Å². The van der Waals surface area contributed by atoms with Crippen molar-refractivity contribution in [3.05, 3.63) is 21.7 Å². The summed E-state index contributed by atoms with van der Waals surface area (Å²) in [5, 5.41) is 5.56. The van der Waals surface area contributed by atoms with Gasteiger partial charge in [-0.15, -0.1) is 0 Å². The Morgan fingerprint density at radius 2 is 2.40 bits per heavy atom. The van der Waals surface area contributed by atoms with Crippen molar-refractivity contribution in [3.63, 3.8) is 0 Å². The standard InChI is InChI=1S/C6H7IN2O/c1-2-5-8-3-4(7)6(10)9-5/h2-3,8H,1H3,(H,9,10). The third-order valence-corrected chi connectivity index (χ3v) is 1.91. The molecule has 0 radical (unpaired) electrons. The second kappa shape index (κ2) is 3.05. The molecule has 0 aliphatic carbocycles. The highest BCUT2D eigenvalue weighted by molar-refractivity contribution is 14.1. The number of carbonyl (C=O) groups is 1. The molecule has 0 atom stereocenters. The van der Waals surface area contributed by atoms with Gasteiger partial charge in [-0.25, -0.2) is 0 Å².